The third-order valence-corrected chi connectivity index (χ3v) is 5.68. The molecule has 0 aromatic rings. The van der Waals surface area contributed by atoms with Gasteiger partial charge in [-0.15, -0.1) is 0 Å². The molecule has 2 aliphatic carbocycles. The summed E-state index contributed by atoms with van der Waals surface area (Å²) in [5, 5.41) is 10.6. The van der Waals surface area contributed by atoms with Gasteiger partial charge in [0, 0.05) is 5.41 Å². The van der Waals surface area contributed by atoms with Crippen LogP contribution in [0.2, 0.25) is 0 Å². The SMILES string of the molecule is CC1=CC2OCC(C)(O)C3CCC(C)C23CC1. The summed E-state index contributed by atoms with van der Waals surface area (Å²) < 4.78 is 6.02. The van der Waals surface area contributed by atoms with Crippen molar-refractivity contribution in [2.45, 2.75) is 58.2 Å². The summed E-state index contributed by atoms with van der Waals surface area (Å²) >= 11 is 0. The molecule has 0 amide bonds. The molecule has 1 saturated carbocycles. The van der Waals surface area contributed by atoms with Crippen LogP contribution in [-0.4, -0.2) is 23.4 Å². The standard InChI is InChI=1S/C15H24O2/c1-10-6-7-15-11(2)4-5-12(15)14(3,16)9-17-13(15)8-10/h8,11-13,16H,4-7,9H2,1-3H3. The van der Waals surface area contributed by atoms with Gasteiger partial charge in [-0.2, -0.15) is 0 Å². The summed E-state index contributed by atoms with van der Waals surface area (Å²) in [6.45, 7) is 7.03. The average molecular weight is 236 g/mol. The Morgan fingerprint density at radius 1 is 1.41 bits per heavy atom. The highest BCUT2D eigenvalue weighted by atomic mass is 16.5. The molecule has 1 saturated heterocycles. The highest BCUT2D eigenvalue weighted by Crippen LogP contribution is 2.61. The Morgan fingerprint density at radius 2 is 2.18 bits per heavy atom. The van der Waals surface area contributed by atoms with Crippen molar-refractivity contribution < 1.29 is 9.84 Å². The average Bonchev–Trinajstić information content (AvgIpc) is 2.60. The van der Waals surface area contributed by atoms with E-state index in [2.05, 4.69) is 19.9 Å². The first-order valence-corrected chi connectivity index (χ1v) is 6.98. The van der Waals surface area contributed by atoms with Gasteiger partial charge in [0.25, 0.3) is 0 Å². The van der Waals surface area contributed by atoms with Gasteiger partial charge in [-0.3, -0.25) is 0 Å². The molecule has 1 N–H and O–H groups in total. The highest BCUT2D eigenvalue weighted by molar-refractivity contribution is 5.21. The number of rotatable bonds is 0. The van der Waals surface area contributed by atoms with Crippen LogP contribution < -0.4 is 0 Å². The van der Waals surface area contributed by atoms with Crippen molar-refractivity contribution in [2.75, 3.05) is 6.61 Å². The Hall–Kier alpha value is -0.340. The summed E-state index contributed by atoms with van der Waals surface area (Å²) in [6, 6.07) is 0. The van der Waals surface area contributed by atoms with E-state index in [0.717, 1.165) is 0 Å². The van der Waals surface area contributed by atoms with Crippen molar-refractivity contribution in [3.05, 3.63) is 11.6 Å². The van der Waals surface area contributed by atoms with Crippen molar-refractivity contribution >= 4 is 0 Å². The fourth-order valence-electron chi connectivity index (χ4n) is 4.70. The van der Waals surface area contributed by atoms with E-state index in [1.54, 1.807) is 0 Å². The van der Waals surface area contributed by atoms with Gasteiger partial charge in [-0.1, -0.05) is 18.6 Å². The molecule has 1 aliphatic heterocycles. The Labute approximate surface area is 104 Å². The molecule has 0 bridgehead atoms. The molecule has 5 atom stereocenters. The van der Waals surface area contributed by atoms with E-state index in [1.807, 2.05) is 6.92 Å². The van der Waals surface area contributed by atoms with Crippen LogP contribution in [0.4, 0.5) is 0 Å². The normalized spacial score (nSPS) is 53.9. The lowest BCUT2D eigenvalue weighted by Crippen LogP contribution is -2.59. The Bertz CT molecular complexity index is 358. The maximum atomic E-state index is 10.6. The fraction of sp³-hybridized carbons (Fsp3) is 0.867. The minimum absolute atomic E-state index is 0.210. The van der Waals surface area contributed by atoms with Crippen LogP contribution in [0.5, 0.6) is 0 Å². The van der Waals surface area contributed by atoms with E-state index in [9.17, 15) is 5.11 Å². The number of ether oxygens (including phenoxy) is 1. The minimum Gasteiger partial charge on any atom is -0.387 e. The van der Waals surface area contributed by atoms with Crippen LogP contribution in [0.15, 0.2) is 11.6 Å². The molecule has 1 spiro atoms. The second kappa shape index (κ2) is 3.58. The molecular weight excluding hydrogens is 212 g/mol. The first kappa shape index (κ1) is 11.7. The van der Waals surface area contributed by atoms with Crippen molar-refractivity contribution in [1.82, 2.24) is 0 Å². The van der Waals surface area contributed by atoms with Gasteiger partial charge in [-0.25, -0.2) is 0 Å². The van der Waals surface area contributed by atoms with Crippen molar-refractivity contribution in [3.63, 3.8) is 0 Å². The molecule has 17 heavy (non-hydrogen) atoms. The molecule has 2 nitrogen and oxygen atoms in total. The molecule has 0 aromatic heterocycles. The van der Waals surface area contributed by atoms with Gasteiger partial charge in [0.05, 0.1) is 18.3 Å². The lowest BCUT2D eigenvalue weighted by molar-refractivity contribution is -0.209. The van der Waals surface area contributed by atoms with Gasteiger partial charge in [-0.05, 0) is 51.4 Å². The third-order valence-electron chi connectivity index (χ3n) is 5.68. The van der Waals surface area contributed by atoms with Crippen LogP contribution in [-0.2, 0) is 4.74 Å². The fourth-order valence-corrected chi connectivity index (χ4v) is 4.70. The van der Waals surface area contributed by atoms with Crippen LogP contribution in [0.3, 0.4) is 0 Å². The second-order valence-electron chi connectivity index (χ2n) is 6.75. The molecule has 2 heteroatoms. The van der Waals surface area contributed by atoms with E-state index in [-0.39, 0.29) is 11.5 Å². The molecule has 5 unspecified atom stereocenters. The number of aliphatic hydroxyl groups is 1. The van der Waals surface area contributed by atoms with Crippen molar-refractivity contribution in [3.8, 4) is 0 Å². The summed E-state index contributed by atoms with van der Waals surface area (Å²) in [4.78, 5) is 0. The van der Waals surface area contributed by atoms with Crippen LogP contribution in [0, 0.1) is 17.3 Å². The molecule has 2 fully saturated rings. The van der Waals surface area contributed by atoms with Crippen molar-refractivity contribution in [2.24, 2.45) is 17.3 Å². The van der Waals surface area contributed by atoms with Gasteiger partial charge >= 0.3 is 0 Å². The number of allylic oxidation sites excluding steroid dienone is 1. The van der Waals surface area contributed by atoms with Crippen LogP contribution in [0.1, 0.15) is 46.5 Å². The molecule has 3 aliphatic rings. The predicted molar refractivity (Wildman–Crippen MR) is 67.7 cm³/mol. The van der Waals surface area contributed by atoms with Crippen molar-refractivity contribution in [1.29, 1.82) is 0 Å². The third kappa shape index (κ3) is 1.47. The van der Waals surface area contributed by atoms with Gasteiger partial charge in [0.2, 0.25) is 0 Å². The topological polar surface area (TPSA) is 29.5 Å². The first-order valence-electron chi connectivity index (χ1n) is 6.98. The maximum Gasteiger partial charge on any atom is 0.0886 e. The van der Waals surface area contributed by atoms with E-state index in [1.165, 1.54) is 31.3 Å². The molecule has 0 aromatic carbocycles. The predicted octanol–water partition coefficient (Wildman–Crippen LogP) is 2.91. The molecule has 0 radical (unpaired) electrons. The number of hydrogen-bond acceptors (Lipinski definition) is 2. The molecule has 1 heterocycles. The van der Waals surface area contributed by atoms with E-state index in [0.29, 0.717) is 18.4 Å². The molecule has 3 rings (SSSR count). The van der Waals surface area contributed by atoms with Gasteiger partial charge < -0.3 is 9.84 Å². The first-order chi connectivity index (χ1) is 7.97. The largest absolute Gasteiger partial charge is 0.387 e. The lowest BCUT2D eigenvalue weighted by atomic mass is 9.57. The van der Waals surface area contributed by atoms with Gasteiger partial charge in [0.15, 0.2) is 0 Å². The minimum atomic E-state index is -0.625. The monoisotopic (exact) mass is 236 g/mol. The zero-order chi connectivity index (χ0) is 12.3. The summed E-state index contributed by atoms with van der Waals surface area (Å²) in [5.41, 5.74) is 1.04. The number of hydrogen-bond donors (Lipinski definition) is 1. The summed E-state index contributed by atoms with van der Waals surface area (Å²) in [5.74, 6) is 1.10. The Kier molecular flexibility index (Phi) is 2.47. The van der Waals surface area contributed by atoms with E-state index in [4.69, 9.17) is 4.74 Å². The second-order valence-corrected chi connectivity index (χ2v) is 6.75. The smallest absolute Gasteiger partial charge is 0.0886 e. The van der Waals surface area contributed by atoms with Crippen LogP contribution >= 0.6 is 0 Å². The quantitative estimate of drug-likeness (QED) is 0.655. The van der Waals surface area contributed by atoms with E-state index >= 15 is 0 Å². The van der Waals surface area contributed by atoms with E-state index < -0.39 is 5.60 Å². The lowest BCUT2D eigenvalue weighted by Gasteiger charge is -2.55. The summed E-state index contributed by atoms with van der Waals surface area (Å²) in [6.07, 6.45) is 7.36. The highest BCUT2D eigenvalue weighted by Gasteiger charge is 2.61. The molecular formula is C15H24O2. The molecule has 96 valence electrons. The van der Waals surface area contributed by atoms with Crippen LogP contribution in [0.25, 0.3) is 0 Å². The van der Waals surface area contributed by atoms with Gasteiger partial charge in [0.1, 0.15) is 0 Å². The summed E-state index contributed by atoms with van der Waals surface area (Å²) in [7, 11) is 0. The zero-order valence-corrected chi connectivity index (χ0v) is 11.2. The zero-order valence-electron chi connectivity index (χ0n) is 11.2. The Balaban J connectivity index is 2.05. The Morgan fingerprint density at radius 3 is 2.94 bits per heavy atom. The maximum absolute atomic E-state index is 10.6.